The molecule has 0 N–H and O–H groups in total. The molecule has 5 nitrogen and oxygen atoms in total. The third-order valence-corrected chi connectivity index (χ3v) is 9.38. The van der Waals surface area contributed by atoms with E-state index >= 15 is 0 Å². The van der Waals surface area contributed by atoms with Gasteiger partial charge in [-0.3, -0.25) is 0 Å². The number of hydrogen-bond donors (Lipinski definition) is 0. The first kappa shape index (κ1) is 24.0. The van der Waals surface area contributed by atoms with Gasteiger partial charge in [-0.05, 0) is 97.9 Å². The highest BCUT2D eigenvalue weighted by molar-refractivity contribution is 5.91. The van der Waals surface area contributed by atoms with E-state index in [1.807, 2.05) is 54.7 Å². The molecule has 1 aliphatic heterocycles. The lowest BCUT2D eigenvalue weighted by Gasteiger charge is -2.50. The van der Waals surface area contributed by atoms with Crippen molar-refractivity contribution in [2.24, 2.45) is 17.3 Å². The number of carbonyl (C=O) groups is 2. The van der Waals surface area contributed by atoms with Crippen LogP contribution in [-0.4, -0.2) is 30.0 Å². The standard InChI is InChI=1S/C32H35NO4/c1-32-17-16-26-25-13-11-24(36-30(34)21-7-4-3-5-8-21)19-22(25)10-12-27(26)28(32)14-15-29(32)37-31(35)23-9-6-18-33(2)20-23/h3-8,11,13,18-20,26-29H,9-10,12,14-17H2,1-2H3/t26-,27-,28+,29+,32+/m1/s1. The summed E-state index contributed by atoms with van der Waals surface area (Å²) in [4.78, 5) is 27.4. The summed E-state index contributed by atoms with van der Waals surface area (Å²) in [7, 11) is 1.94. The first-order valence-corrected chi connectivity index (χ1v) is 13.6. The minimum Gasteiger partial charge on any atom is -0.458 e. The minimum atomic E-state index is -0.319. The molecule has 4 aliphatic rings. The molecule has 0 aromatic heterocycles. The molecule has 0 radical (unpaired) electrons. The van der Waals surface area contributed by atoms with Crippen LogP contribution in [0.4, 0.5) is 0 Å². The lowest BCUT2D eigenvalue weighted by molar-refractivity contribution is -0.153. The molecule has 0 spiro atoms. The Kier molecular flexibility index (Phi) is 6.18. The summed E-state index contributed by atoms with van der Waals surface area (Å²) in [6.07, 6.45) is 12.9. The zero-order chi connectivity index (χ0) is 25.6. The van der Waals surface area contributed by atoms with Crippen LogP contribution in [0.15, 0.2) is 72.6 Å². The van der Waals surface area contributed by atoms with Crippen LogP contribution >= 0.6 is 0 Å². The van der Waals surface area contributed by atoms with Gasteiger partial charge in [0, 0.05) is 25.1 Å². The fourth-order valence-electron chi connectivity index (χ4n) is 7.54. The fraction of sp³-hybridized carbons (Fsp3) is 0.438. The highest BCUT2D eigenvalue weighted by Gasteiger charge is 2.56. The molecule has 0 saturated heterocycles. The van der Waals surface area contributed by atoms with Crippen molar-refractivity contribution in [1.29, 1.82) is 0 Å². The number of carbonyl (C=O) groups excluding carboxylic acids is 2. The number of benzene rings is 2. The van der Waals surface area contributed by atoms with Crippen molar-refractivity contribution >= 4 is 11.9 Å². The van der Waals surface area contributed by atoms with E-state index in [1.54, 1.807) is 12.1 Å². The first-order valence-electron chi connectivity index (χ1n) is 13.6. The molecular weight excluding hydrogens is 462 g/mol. The van der Waals surface area contributed by atoms with E-state index in [2.05, 4.69) is 19.1 Å². The minimum absolute atomic E-state index is 0.00997. The first-order chi connectivity index (χ1) is 17.9. The van der Waals surface area contributed by atoms with Crippen molar-refractivity contribution in [3.8, 4) is 5.75 Å². The molecule has 2 aromatic carbocycles. The van der Waals surface area contributed by atoms with E-state index in [9.17, 15) is 9.59 Å². The van der Waals surface area contributed by atoms with Crippen LogP contribution in [0.3, 0.4) is 0 Å². The summed E-state index contributed by atoms with van der Waals surface area (Å²) in [6, 6.07) is 15.4. The molecule has 0 unspecified atom stereocenters. The van der Waals surface area contributed by atoms with Crippen molar-refractivity contribution in [2.45, 2.75) is 63.9 Å². The number of esters is 2. The van der Waals surface area contributed by atoms with E-state index in [-0.39, 0.29) is 23.5 Å². The maximum absolute atomic E-state index is 13.0. The Morgan fingerprint density at radius 3 is 2.65 bits per heavy atom. The van der Waals surface area contributed by atoms with E-state index in [1.165, 1.54) is 11.1 Å². The van der Waals surface area contributed by atoms with Crippen molar-refractivity contribution in [2.75, 3.05) is 7.05 Å². The maximum atomic E-state index is 13.0. The van der Waals surface area contributed by atoms with Crippen molar-refractivity contribution in [3.63, 3.8) is 0 Å². The normalized spacial score (nSPS) is 30.0. The molecule has 37 heavy (non-hydrogen) atoms. The monoisotopic (exact) mass is 497 g/mol. The number of allylic oxidation sites excluding steroid dienone is 1. The molecular formula is C32H35NO4. The van der Waals surface area contributed by atoms with Gasteiger partial charge in [0.05, 0.1) is 11.1 Å². The topological polar surface area (TPSA) is 55.8 Å². The lowest BCUT2D eigenvalue weighted by atomic mass is 9.55. The predicted molar refractivity (Wildman–Crippen MR) is 142 cm³/mol. The highest BCUT2D eigenvalue weighted by Crippen LogP contribution is 2.61. The molecule has 6 rings (SSSR count). The second-order valence-electron chi connectivity index (χ2n) is 11.5. The Morgan fingerprint density at radius 1 is 1.00 bits per heavy atom. The number of fused-ring (bicyclic) bond motifs is 5. The van der Waals surface area contributed by atoms with Gasteiger partial charge < -0.3 is 14.4 Å². The molecule has 1 heterocycles. The summed E-state index contributed by atoms with van der Waals surface area (Å²) < 4.78 is 11.9. The van der Waals surface area contributed by atoms with Gasteiger partial charge in [-0.15, -0.1) is 0 Å². The number of hydrogen-bond acceptors (Lipinski definition) is 5. The lowest BCUT2D eigenvalue weighted by Crippen LogP contribution is -2.45. The van der Waals surface area contributed by atoms with Gasteiger partial charge in [-0.25, -0.2) is 9.59 Å². The van der Waals surface area contributed by atoms with Gasteiger partial charge in [0.2, 0.25) is 0 Å². The van der Waals surface area contributed by atoms with Crippen LogP contribution in [0.1, 0.15) is 72.9 Å². The maximum Gasteiger partial charge on any atom is 0.343 e. The van der Waals surface area contributed by atoms with Gasteiger partial charge in [0.15, 0.2) is 0 Å². The molecule has 2 saturated carbocycles. The Hall–Kier alpha value is -3.34. The second-order valence-corrected chi connectivity index (χ2v) is 11.5. The molecule has 5 heteroatoms. The van der Waals surface area contributed by atoms with E-state index in [0.717, 1.165) is 44.1 Å². The van der Waals surface area contributed by atoms with Crippen molar-refractivity contribution in [1.82, 2.24) is 4.90 Å². The Morgan fingerprint density at radius 2 is 1.84 bits per heavy atom. The average molecular weight is 498 g/mol. The predicted octanol–water partition coefficient (Wildman–Crippen LogP) is 6.41. The third kappa shape index (κ3) is 4.39. The molecule has 0 amide bonds. The van der Waals surface area contributed by atoms with Crippen LogP contribution < -0.4 is 4.74 Å². The van der Waals surface area contributed by atoms with Gasteiger partial charge in [0.1, 0.15) is 11.9 Å². The molecule has 2 aromatic rings. The van der Waals surface area contributed by atoms with Gasteiger partial charge in [-0.2, -0.15) is 0 Å². The molecule has 0 bridgehead atoms. The van der Waals surface area contributed by atoms with Gasteiger partial charge in [0.25, 0.3) is 0 Å². The van der Waals surface area contributed by atoms with E-state index in [4.69, 9.17) is 9.47 Å². The van der Waals surface area contributed by atoms with Gasteiger partial charge >= 0.3 is 11.9 Å². The average Bonchev–Trinajstić information content (AvgIpc) is 3.24. The Labute approximate surface area is 219 Å². The Balaban J connectivity index is 1.15. The molecule has 5 atom stereocenters. The Bertz CT molecular complexity index is 1260. The molecule has 3 aliphatic carbocycles. The summed E-state index contributed by atoms with van der Waals surface area (Å²) >= 11 is 0. The fourth-order valence-corrected chi connectivity index (χ4v) is 7.54. The summed E-state index contributed by atoms with van der Waals surface area (Å²) in [5.41, 5.74) is 4.06. The largest absolute Gasteiger partial charge is 0.458 e. The number of nitrogens with zero attached hydrogens (tertiary/aromatic N) is 1. The van der Waals surface area contributed by atoms with Crippen molar-refractivity contribution in [3.05, 3.63) is 89.3 Å². The number of aryl methyl sites for hydroxylation is 1. The zero-order valence-electron chi connectivity index (χ0n) is 21.7. The van der Waals surface area contributed by atoms with Crippen LogP contribution in [0, 0.1) is 17.3 Å². The van der Waals surface area contributed by atoms with Crippen LogP contribution in [0.5, 0.6) is 5.75 Å². The zero-order valence-corrected chi connectivity index (χ0v) is 21.7. The quantitative estimate of drug-likeness (QED) is 0.361. The van der Waals surface area contributed by atoms with E-state index < -0.39 is 0 Å². The second kappa shape index (κ2) is 9.51. The molecule has 2 fully saturated rings. The van der Waals surface area contributed by atoms with Crippen LogP contribution in [0.2, 0.25) is 0 Å². The number of ether oxygens (including phenoxy) is 2. The summed E-state index contributed by atoms with van der Waals surface area (Å²) in [6.45, 7) is 2.36. The highest BCUT2D eigenvalue weighted by atomic mass is 16.5. The van der Waals surface area contributed by atoms with Gasteiger partial charge in [-0.1, -0.05) is 37.3 Å². The summed E-state index contributed by atoms with van der Waals surface area (Å²) in [5, 5.41) is 0. The summed E-state index contributed by atoms with van der Waals surface area (Å²) in [5.74, 6) is 1.84. The van der Waals surface area contributed by atoms with E-state index in [0.29, 0.717) is 35.5 Å². The SMILES string of the molecule is CN1C=CCC(C(=O)O[C@H]2CC[C@H]3[C@@H]4CCc5cc(OC(=O)c6ccccc6)ccc5[C@H]4CC[C@]23C)=C1. The molecule has 192 valence electrons. The smallest absolute Gasteiger partial charge is 0.343 e. The van der Waals surface area contributed by atoms with Crippen LogP contribution in [0.25, 0.3) is 0 Å². The number of rotatable bonds is 4. The third-order valence-electron chi connectivity index (χ3n) is 9.38. The van der Waals surface area contributed by atoms with Crippen LogP contribution in [-0.2, 0) is 16.0 Å². The van der Waals surface area contributed by atoms with Crippen molar-refractivity contribution < 1.29 is 19.1 Å².